The van der Waals surface area contributed by atoms with Crippen LogP contribution in [0.5, 0.6) is 0 Å². The van der Waals surface area contributed by atoms with Crippen LogP contribution in [0.3, 0.4) is 0 Å². The summed E-state index contributed by atoms with van der Waals surface area (Å²) in [5, 5.41) is 2.96. The van der Waals surface area contributed by atoms with Gasteiger partial charge in [0.1, 0.15) is 3.57 Å². The second-order valence-corrected chi connectivity index (χ2v) is 6.91. The lowest BCUT2D eigenvalue weighted by Crippen LogP contribution is -2.12. The summed E-state index contributed by atoms with van der Waals surface area (Å²) in [6, 6.07) is 6.24. The summed E-state index contributed by atoms with van der Waals surface area (Å²) in [5.41, 5.74) is 0.425. The Kier molecular flexibility index (Phi) is 3.90. The molecular weight excluding hydrogens is 381 g/mol. The van der Waals surface area contributed by atoms with Gasteiger partial charge in [-0.15, -0.1) is 0 Å². The Morgan fingerprint density at radius 2 is 1.89 bits per heavy atom. The minimum absolute atomic E-state index is 0.231. The van der Waals surface area contributed by atoms with Gasteiger partial charge in [0, 0.05) is 11.9 Å². The molecule has 1 aromatic heterocycles. The summed E-state index contributed by atoms with van der Waals surface area (Å²) < 4.78 is 23.1. The van der Waals surface area contributed by atoms with E-state index >= 15 is 0 Å². The zero-order chi connectivity index (χ0) is 14.0. The van der Waals surface area contributed by atoms with Crippen molar-refractivity contribution in [2.45, 2.75) is 4.90 Å². The molecule has 2 rings (SSSR count). The second-order valence-electron chi connectivity index (χ2n) is 3.82. The number of H-pyrrole nitrogens is 1. The van der Waals surface area contributed by atoms with Gasteiger partial charge in [-0.1, -0.05) is 0 Å². The number of hydrogen-bond donors (Lipinski definition) is 2. The van der Waals surface area contributed by atoms with E-state index in [4.69, 9.17) is 0 Å². The predicted octanol–water partition coefficient (Wildman–Crippen LogP) is 1.52. The number of nitrogens with one attached hydrogen (secondary N) is 2. The summed E-state index contributed by atoms with van der Waals surface area (Å²) >= 11 is 1.89. The quantitative estimate of drug-likeness (QED) is 0.775. The van der Waals surface area contributed by atoms with Crippen molar-refractivity contribution in [1.82, 2.24) is 9.97 Å². The van der Waals surface area contributed by atoms with Crippen LogP contribution >= 0.6 is 22.6 Å². The molecule has 0 saturated heterocycles. The lowest BCUT2D eigenvalue weighted by atomic mass is 10.3. The van der Waals surface area contributed by atoms with E-state index in [2.05, 4.69) is 15.3 Å². The highest BCUT2D eigenvalue weighted by Gasteiger charge is 2.08. The maximum Gasteiger partial charge on any atom is 0.266 e. The Morgan fingerprint density at radius 1 is 1.26 bits per heavy atom. The fourth-order valence-electron chi connectivity index (χ4n) is 1.39. The molecule has 0 spiro atoms. The number of rotatable bonds is 3. The molecule has 0 aliphatic carbocycles. The van der Waals surface area contributed by atoms with Gasteiger partial charge in [0.25, 0.3) is 5.56 Å². The van der Waals surface area contributed by atoms with E-state index in [1.165, 1.54) is 18.5 Å². The van der Waals surface area contributed by atoms with Crippen LogP contribution in [-0.4, -0.2) is 24.6 Å². The van der Waals surface area contributed by atoms with Crippen LogP contribution in [0.1, 0.15) is 0 Å². The molecule has 19 heavy (non-hydrogen) atoms. The molecule has 0 aliphatic rings. The average Bonchev–Trinajstić information content (AvgIpc) is 2.35. The zero-order valence-corrected chi connectivity index (χ0v) is 12.8. The van der Waals surface area contributed by atoms with E-state index < -0.39 is 9.84 Å². The van der Waals surface area contributed by atoms with Gasteiger partial charge in [-0.2, -0.15) is 0 Å². The van der Waals surface area contributed by atoms with Crippen molar-refractivity contribution in [3.05, 3.63) is 44.5 Å². The molecule has 6 nitrogen and oxygen atoms in total. The number of nitrogens with zero attached hydrogens (tertiary/aromatic N) is 1. The first-order valence-electron chi connectivity index (χ1n) is 5.18. The van der Waals surface area contributed by atoms with Gasteiger partial charge < -0.3 is 10.3 Å². The van der Waals surface area contributed by atoms with Crippen LogP contribution < -0.4 is 10.9 Å². The van der Waals surface area contributed by atoms with Crippen LogP contribution in [0, 0.1) is 3.57 Å². The van der Waals surface area contributed by atoms with E-state index in [-0.39, 0.29) is 10.5 Å². The highest BCUT2D eigenvalue weighted by molar-refractivity contribution is 14.1. The monoisotopic (exact) mass is 391 g/mol. The number of sulfone groups is 1. The van der Waals surface area contributed by atoms with Crippen LogP contribution in [-0.2, 0) is 9.84 Å². The van der Waals surface area contributed by atoms with E-state index in [1.54, 1.807) is 12.1 Å². The summed E-state index contributed by atoms with van der Waals surface area (Å²) in [6.45, 7) is 0. The smallest absolute Gasteiger partial charge is 0.266 e. The van der Waals surface area contributed by atoms with Crippen molar-refractivity contribution in [3.8, 4) is 0 Å². The maximum atomic E-state index is 11.4. The van der Waals surface area contributed by atoms with Crippen molar-refractivity contribution in [3.63, 3.8) is 0 Å². The Labute approximate surface area is 123 Å². The molecule has 2 aromatic rings. The lowest BCUT2D eigenvalue weighted by Gasteiger charge is -2.07. The minimum Gasteiger partial charge on any atom is -0.339 e. The molecule has 0 saturated carbocycles. The molecule has 0 fully saturated rings. The number of benzene rings is 1. The molecular formula is C11H10IN3O3S. The minimum atomic E-state index is -3.21. The van der Waals surface area contributed by atoms with Crippen molar-refractivity contribution >= 4 is 43.9 Å². The van der Waals surface area contributed by atoms with Crippen LogP contribution in [0.4, 0.5) is 11.5 Å². The van der Waals surface area contributed by atoms with Crippen molar-refractivity contribution in [2.75, 3.05) is 11.6 Å². The van der Waals surface area contributed by atoms with E-state index in [0.29, 0.717) is 15.1 Å². The SMILES string of the molecule is CS(=O)(=O)c1ccc(Nc2nc[nH]c(=O)c2I)cc1. The van der Waals surface area contributed by atoms with Gasteiger partial charge in [0.05, 0.1) is 11.2 Å². The van der Waals surface area contributed by atoms with Crippen LogP contribution in [0.15, 0.2) is 40.3 Å². The van der Waals surface area contributed by atoms with Crippen molar-refractivity contribution in [2.24, 2.45) is 0 Å². The average molecular weight is 391 g/mol. The first-order valence-corrected chi connectivity index (χ1v) is 8.15. The van der Waals surface area contributed by atoms with E-state index in [9.17, 15) is 13.2 Å². The summed E-state index contributed by atoms with van der Waals surface area (Å²) in [7, 11) is -3.21. The molecule has 0 radical (unpaired) electrons. The summed E-state index contributed by atoms with van der Waals surface area (Å²) in [6.07, 6.45) is 2.45. The first-order chi connectivity index (χ1) is 8.88. The third-order valence-corrected chi connectivity index (χ3v) is 4.47. The highest BCUT2D eigenvalue weighted by Crippen LogP contribution is 2.19. The van der Waals surface area contributed by atoms with Crippen molar-refractivity contribution < 1.29 is 8.42 Å². The fraction of sp³-hybridized carbons (Fsp3) is 0.0909. The second kappa shape index (κ2) is 5.29. The van der Waals surface area contributed by atoms with Gasteiger partial charge >= 0.3 is 0 Å². The van der Waals surface area contributed by atoms with Gasteiger partial charge in [-0.25, -0.2) is 13.4 Å². The zero-order valence-electron chi connectivity index (χ0n) is 9.84. The summed E-state index contributed by atoms with van der Waals surface area (Å²) in [5.74, 6) is 0.427. The Balaban J connectivity index is 2.30. The normalized spacial score (nSPS) is 11.3. The molecule has 2 N–H and O–H groups in total. The van der Waals surface area contributed by atoms with E-state index in [1.807, 2.05) is 22.6 Å². The molecule has 0 bridgehead atoms. The standard InChI is InChI=1S/C11H10IN3O3S/c1-19(17,18)8-4-2-7(3-5-8)15-10-9(12)11(16)14-6-13-10/h2-6H,1H3,(H2,13,14,15,16). The largest absolute Gasteiger partial charge is 0.339 e. The van der Waals surface area contributed by atoms with Gasteiger partial charge in [0.2, 0.25) is 0 Å². The summed E-state index contributed by atoms with van der Waals surface area (Å²) in [4.78, 5) is 18.1. The van der Waals surface area contributed by atoms with Gasteiger partial charge in [-0.05, 0) is 46.9 Å². The lowest BCUT2D eigenvalue weighted by molar-refractivity contribution is 0.602. The maximum absolute atomic E-state index is 11.4. The van der Waals surface area contributed by atoms with Gasteiger partial charge in [-0.3, -0.25) is 4.79 Å². The Bertz CT molecular complexity index is 754. The molecule has 0 atom stereocenters. The third kappa shape index (κ3) is 3.32. The number of halogens is 1. The number of anilines is 2. The number of hydrogen-bond acceptors (Lipinski definition) is 5. The predicted molar refractivity (Wildman–Crippen MR) is 80.4 cm³/mol. The Morgan fingerprint density at radius 3 is 2.47 bits per heavy atom. The number of aromatic amines is 1. The number of aromatic nitrogens is 2. The highest BCUT2D eigenvalue weighted by atomic mass is 127. The molecule has 0 unspecified atom stereocenters. The van der Waals surface area contributed by atoms with Crippen LogP contribution in [0.25, 0.3) is 0 Å². The first kappa shape index (κ1) is 14.0. The topological polar surface area (TPSA) is 91.9 Å². The molecule has 0 aliphatic heterocycles. The molecule has 100 valence electrons. The van der Waals surface area contributed by atoms with Crippen LogP contribution in [0.2, 0.25) is 0 Å². The van der Waals surface area contributed by atoms with Crippen molar-refractivity contribution in [1.29, 1.82) is 0 Å². The molecule has 1 heterocycles. The van der Waals surface area contributed by atoms with E-state index in [0.717, 1.165) is 6.26 Å². The molecule has 1 aromatic carbocycles. The fourth-order valence-corrected chi connectivity index (χ4v) is 2.45. The van der Waals surface area contributed by atoms with Gasteiger partial charge in [0.15, 0.2) is 15.7 Å². The molecule has 8 heteroatoms. The third-order valence-electron chi connectivity index (χ3n) is 2.34. The Hall–Kier alpha value is -1.42. The molecule has 0 amide bonds.